The minimum atomic E-state index is 0.0544. The van der Waals surface area contributed by atoms with Crippen LogP contribution >= 0.6 is 0 Å². The largest absolute Gasteiger partial charge is 0.324 e. The predicted octanol–water partition coefficient (Wildman–Crippen LogP) is 2.09. The molecule has 1 aromatic rings. The van der Waals surface area contributed by atoms with Crippen LogP contribution in [0.2, 0.25) is 0 Å². The van der Waals surface area contributed by atoms with E-state index in [4.69, 9.17) is 5.73 Å². The quantitative estimate of drug-likeness (QED) is 0.781. The molecule has 16 heavy (non-hydrogen) atoms. The second-order valence-electron chi connectivity index (χ2n) is 4.34. The van der Waals surface area contributed by atoms with Crippen LogP contribution in [0.1, 0.15) is 18.4 Å². The van der Waals surface area contributed by atoms with Crippen LogP contribution in [-0.4, -0.2) is 11.8 Å². The Morgan fingerprint density at radius 3 is 2.62 bits per heavy atom. The first-order valence-electron chi connectivity index (χ1n) is 5.76. The topological polar surface area (TPSA) is 43.1 Å². The van der Waals surface area contributed by atoms with E-state index in [-0.39, 0.29) is 12.0 Å². The number of carbonyl (C=O) groups is 1. The Bertz CT molecular complexity index is 383. The lowest BCUT2D eigenvalue weighted by molar-refractivity contribution is -0.121. The first-order valence-corrected chi connectivity index (χ1v) is 5.76. The number of benzene rings is 1. The van der Waals surface area contributed by atoms with E-state index in [1.807, 2.05) is 30.4 Å². The molecular formula is C14H17NO. The van der Waals surface area contributed by atoms with Crippen molar-refractivity contribution in [2.75, 3.05) is 0 Å². The van der Waals surface area contributed by atoms with Crippen LogP contribution in [0.15, 0.2) is 42.5 Å². The summed E-state index contributed by atoms with van der Waals surface area (Å²) >= 11 is 0. The second-order valence-corrected chi connectivity index (χ2v) is 4.34. The Balaban J connectivity index is 1.83. The van der Waals surface area contributed by atoms with Gasteiger partial charge in [-0.05, 0) is 18.4 Å². The van der Waals surface area contributed by atoms with E-state index >= 15 is 0 Å². The molecule has 0 aliphatic heterocycles. The van der Waals surface area contributed by atoms with Gasteiger partial charge in [-0.25, -0.2) is 0 Å². The second kappa shape index (κ2) is 5.08. The molecule has 1 aliphatic rings. The number of nitrogens with two attached hydrogens (primary N) is 1. The summed E-state index contributed by atoms with van der Waals surface area (Å²) in [7, 11) is 0. The van der Waals surface area contributed by atoms with Crippen LogP contribution in [0, 0.1) is 5.92 Å². The molecule has 2 atom stereocenters. The average molecular weight is 215 g/mol. The zero-order valence-electron chi connectivity index (χ0n) is 9.30. The summed E-state index contributed by atoms with van der Waals surface area (Å²) in [6, 6.07) is 10.2. The van der Waals surface area contributed by atoms with Gasteiger partial charge in [0.15, 0.2) is 0 Å². The summed E-state index contributed by atoms with van der Waals surface area (Å²) in [6.07, 6.45) is 6.13. The fourth-order valence-electron chi connectivity index (χ4n) is 2.06. The Morgan fingerprint density at radius 1 is 1.25 bits per heavy atom. The fraction of sp³-hybridized carbons (Fsp3) is 0.357. The van der Waals surface area contributed by atoms with E-state index in [0.717, 1.165) is 12.8 Å². The molecule has 1 aliphatic carbocycles. The minimum absolute atomic E-state index is 0.0544. The van der Waals surface area contributed by atoms with Crippen molar-refractivity contribution < 1.29 is 4.79 Å². The highest BCUT2D eigenvalue weighted by atomic mass is 16.1. The maximum absolute atomic E-state index is 11.9. The highest BCUT2D eigenvalue weighted by Gasteiger charge is 2.21. The molecule has 0 aromatic heterocycles. The molecule has 0 bridgehead atoms. The zero-order chi connectivity index (χ0) is 11.4. The van der Waals surface area contributed by atoms with E-state index in [1.54, 1.807) is 0 Å². The van der Waals surface area contributed by atoms with Crippen LogP contribution in [0.4, 0.5) is 0 Å². The molecule has 84 valence electrons. The predicted molar refractivity (Wildman–Crippen MR) is 65.0 cm³/mol. The summed E-state index contributed by atoms with van der Waals surface area (Å²) in [4.78, 5) is 11.9. The lowest BCUT2D eigenvalue weighted by Gasteiger charge is -2.08. The van der Waals surface area contributed by atoms with E-state index in [2.05, 4.69) is 12.1 Å². The monoisotopic (exact) mass is 215 g/mol. The Morgan fingerprint density at radius 2 is 2.00 bits per heavy atom. The van der Waals surface area contributed by atoms with Gasteiger partial charge in [-0.1, -0.05) is 42.5 Å². The number of allylic oxidation sites excluding steroid dienone is 1. The van der Waals surface area contributed by atoms with E-state index in [1.165, 1.54) is 5.56 Å². The number of aryl methyl sites for hydroxylation is 1. The Labute approximate surface area is 96.2 Å². The van der Waals surface area contributed by atoms with Crippen LogP contribution in [0.3, 0.4) is 0 Å². The van der Waals surface area contributed by atoms with Crippen molar-refractivity contribution in [1.82, 2.24) is 0 Å². The minimum Gasteiger partial charge on any atom is -0.324 e. The maximum atomic E-state index is 11.9. The third kappa shape index (κ3) is 2.80. The summed E-state index contributed by atoms with van der Waals surface area (Å²) in [5, 5.41) is 0. The van der Waals surface area contributed by atoms with Gasteiger partial charge in [-0.15, -0.1) is 0 Å². The molecule has 0 amide bonds. The third-order valence-corrected chi connectivity index (χ3v) is 3.03. The van der Waals surface area contributed by atoms with Crippen molar-refractivity contribution in [3.8, 4) is 0 Å². The van der Waals surface area contributed by atoms with Gasteiger partial charge in [0, 0.05) is 18.4 Å². The molecule has 0 fully saturated rings. The summed E-state index contributed by atoms with van der Waals surface area (Å²) in [5.41, 5.74) is 6.96. The zero-order valence-corrected chi connectivity index (χ0v) is 9.30. The van der Waals surface area contributed by atoms with Crippen molar-refractivity contribution in [2.24, 2.45) is 11.7 Å². The molecule has 2 heteroatoms. The van der Waals surface area contributed by atoms with Gasteiger partial charge in [0.25, 0.3) is 0 Å². The normalized spacial score (nSPS) is 23.6. The molecule has 0 spiro atoms. The van der Waals surface area contributed by atoms with Crippen LogP contribution < -0.4 is 5.73 Å². The first-order chi connectivity index (χ1) is 7.75. The van der Waals surface area contributed by atoms with E-state index < -0.39 is 0 Å². The molecule has 0 radical (unpaired) electrons. The number of hydrogen-bond donors (Lipinski definition) is 1. The molecule has 0 saturated carbocycles. The molecule has 2 N–H and O–H groups in total. The number of Topliss-reactive ketones (excluding diaryl/α,β-unsaturated/α-hetero) is 1. The van der Waals surface area contributed by atoms with Gasteiger partial charge < -0.3 is 5.73 Å². The van der Waals surface area contributed by atoms with Crippen molar-refractivity contribution >= 4 is 5.78 Å². The number of carbonyl (C=O) groups excluding carboxylic acids is 1. The highest BCUT2D eigenvalue weighted by Crippen LogP contribution is 2.19. The molecule has 0 heterocycles. The summed E-state index contributed by atoms with van der Waals surface area (Å²) in [6.45, 7) is 0. The highest BCUT2D eigenvalue weighted by molar-refractivity contribution is 5.83. The lowest BCUT2D eigenvalue weighted by atomic mass is 9.97. The van der Waals surface area contributed by atoms with Crippen LogP contribution in [0.5, 0.6) is 0 Å². The number of hydrogen-bond acceptors (Lipinski definition) is 2. The van der Waals surface area contributed by atoms with Gasteiger partial charge in [-0.2, -0.15) is 0 Å². The van der Waals surface area contributed by atoms with Gasteiger partial charge in [-0.3, -0.25) is 4.79 Å². The Kier molecular flexibility index (Phi) is 3.52. The molecule has 0 saturated heterocycles. The molecular weight excluding hydrogens is 198 g/mol. The third-order valence-electron chi connectivity index (χ3n) is 3.03. The van der Waals surface area contributed by atoms with Crippen molar-refractivity contribution in [3.05, 3.63) is 48.0 Å². The standard InChI is InChI=1S/C14H17NO/c15-13-8-7-12(10-13)14(16)9-6-11-4-2-1-3-5-11/h1-5,7-8,12-13H,6,9-10,15H2. The van der Waals surface area contributed by atoms with Crippen LogP contribution in [0.25, 0.3) is 0 Å². The Hall–Kier alpha value is -1.41. The van der Waals surface area contributed by atoms with Gasteiger partial charge in [0.2, 0.25) is 0 Å². The van der Waals surface area contributed by atoms with E-state index in [0.29, 0.717) is 12.2 Å². The molecule has 2 unspecified atom stereocenters. The molecule has 2 nitrogen and oxygen atoms in total. The number of ketones is 1. The van der Waals surface area contributed by atoms with Gasteiger partial charge >= 0.3 is 0 Å². The van der Waals surface area contributed by atoms with Crippen molar-refractivity contribution in [3.63, 3.8) is 0 Å². The summed E-state index contributed by atoms with van der Waals surface area (Å²) < 4.78 is 0. The maximum Gasteiger partial charge on any atom is 0.140 e. The smallest absolute Gasteiger partial charge is 0.140 e. The first kappa shape index (κ1) is 11.1. The van der Waals surface area contributed by atoms with Crippen molar-refractivity contribution in [1.29, 1.82) is 0 Å². The summed E-state index contributed by atoms with van der Waals surface area (Å²) in [5.74, 6) is 0.367. The van der Waals surface area contributed by atoms with Gasteiger partial charge in [0.05, 0.1) is 0 Å². The van der Waals surface area contributed by atoms with Gasteiger partial charge in [0.1, 0.15) is 5.78 Å². The van der Waals surface area contributed by atoms with Crippen molar-refractivity contribution in [2.45, 2.75) is 25.3 Å². The lowest BCUT2D eigenvalue weighted by Crippen LogP contribution is -2.19. The molecule has 1 aromatic carbocycles. The van der Waals surface area contributed by atoms with E-state index in [9.17, 15) is 4.79 Å². The molecule has 2 rings (SSSR count). The van der Waals surface area contributed by atoms with Crippen LogP contribution in [-0.2, 0) is 11.2 Å². The SMILES string of the molecule is NC1C=CC(C(=O)CCc2ccccc2)C1. The fourth-order valence-corrected chi connectivity index (χ4v) is 2.06. The average Bonchev–Trinajstić information content (AvgIpc) is 2.74. The number of rotatable bonds is 4.